The van der Waals surface area contributed by atoms with E-state index < -0.39 is 29.3 Å². The quantitative estimate of drug-likeness (QED) is 0.592. The van der Waals surface area contributed by atoms with Gasteiger partial charge >= 0.3 is 5.69 Å². The van der Waals surface area contributed by atoms with Gasteiger partial charge in [-0.2, -0.15) is 0 Å². The number of aromatic nitrogens is 2. The molecule has 0 fully saturated rings. The van der Waals surface area contributed by atoms with Crippen LogP contribution in [0.1, 0.15) is 6.92 Å². The van der Waals surface area contributed by atoms with Crippen LogP contribution in [0, 0.1) is 11.6 Å². The summed E-state index contributed by atoms with van der Waals surface area (Å²) in [5.74, 6) is -2.29. The molecule has 0 aliphatic carbocycles. The van der Waals surface area contributed by atoms with Crippen molar-refractivity contribution in [2.45, 2.75) is 13.0 Å². The maximum absolute atomic E-state index is 13.6. The lowest BCUT2D eigenvalue weighted by atomic mass is 10.2. The molecular weight excluding hydrogens is 318 g/mol. The van der Waals surface area contributed by atoms with Gasteiger partial charge in [-0.15, -0.1) is 0 Å². The van der Waals surface area contributed by atoms with E-state index in [2.05, 4.69) is 20.6 Å². The minimum atomic E-state index is -0.845. The number of aromatic amines is 2. The van der Waals surface area contributed by atoms with Gasteiger partial charge in [0, 0.05) is 5.69 Å². The lowest BCUT2D eigenvalue weighted by Crippen LogP contribution is -2.32. The summed E-state index contributed by atoms with van der Waals surface area (Å²) in [6.45, 7) is 1.55. The normalized spacial score (nSPS) is 12.1. The van der Waals surface area contributed by atoms with Gasteiger partial charge in [0.15, 0.2) is 0 Å². The fourth-order valence-corrected chi connectivity index (χ4v) is 2.29. The molecular formula is C16H14F2N4O2. The summed E-state index contributed by atoms with van der Waals surface area (Å²) >= 11 is 0. The van der Waals surface area contributed by atoms with Crippen molar-refractivity contribution >= 4 is 28.3 Å². The molecule has 0 aliphatic rings. The van der Waals surface area contributed by atoms with Crippen molar-refractivity contribution in [3.05, 3.63) is 58.5 Å². The Kier molecular flexibility index (Phi) is 4.03. The molecule has 1 heterocycles. The number of halogens is 2. The zero-order valence-corrected chi connectivity index (χ0v) is 12.6. The van der Waals surface area contributed by atoms with Crippen LogP contribution in [0.2, 0.25) is 0 Å². The van der Waals surface area contributed by atoms with Crippen LogP contribution in [0.4, 0.5) is 20.2 Å². The van der Waals surface area contributed by atoms with Crippen molar-refractivity contribution in [1.29, 1.82) is 0 Å². The number of imidazole rings is 1. The number of anilines is 2. The van der Waals surface area contributed by atoms with E-state index in [1.807, 2.05) is 0 Å². The first-order valence-corrected chi connectivity index (χ1v) is 7.17. The lowest BCUT2D eigenvalue weighted by molar-refractivity contribution is -0.116. The highest BCUT2D eigenvalue weighted by atomic mass is 19.1. The topological polar surface area (TPSA) is 89.8 Å². The van der Waals surface area contributed by atoms with Gasteiger partial charge in [-0.1, -0.05) is 6.07 Å². The standard InChI is InChI=1S/C16H14F2N4O2/c1-8(15(23)22-14-10(17)3-2-4-11(14)18)19-9-5-6-12-13(7-9)21-16(24)20-12/h2-8,19H,1H3,(H,22,23)(H2,20,21,24). The zero-order valence-electron chi connectivity index (χ0n) is 12.6. The van der Waals surface area contributed by atoms with Crippen LogP contribution >= 0.6 is 0 Å². The minimum Gasteiger partial charge on any atom is -0.374 e. The molecule has 3 rings (SSSR count). The van der Waals surface area contributed by atoms with Crippen LogP contribution in [0.5, 0.6) is 0 Å². The highest BCUT2D eigenvalue weighted by molar-refractivity contribution is 5.96. The molecule has 8 heteroatoms. The molecule has 2 aromatic carbocycles. The summed E-state index contributed by atoms with van der Waals surface area (Å²) in [6.07, 6.45) is 0. The average Bonchev–Trinajstić information content (AvgIpc) is 2.90. The largest absolute Gasteiger partial charge is 0.374 e. The molecule has 3 aromatic rings. The zero-order chi connectivity index (χ0) is 17.3. The van der Waals surface area contributed by atoms with Crippen molar-refractivity contribution < 1.29 is 13.6 Å². The number of benzene rings is 2. The second kappa shape index (κ2) is 6.15. The van der Waals surface area contributed by atoms with Crippen LogP contribution < -0.4 is 16.3 Å². The van der Waals surface area contributed by atoms with E-state index in [0.717, 1.165) is 12.1 Å². The fraction of sp³-hybridized carbons (Fsp3) is 0.125. The first-order chi connectivity index (χ1) is 11.4. The summed E-state index contributed by atoms with van der Waals surface area (Å²) in [7, 11) is 0. The highest BCUT2D eigenvalue weighted by Gasteiger charge is 2.17. The molecule has 0 saturated heterocycles. The number of nitrogens with one attached hydrogen (secondary N) is 4. The van der Waals surface area contributed by atoms with E-state index in [0.29, 0.717) is 16.7 Å². The van der Waals surface area contributed by atoms with E-state index >= 15 is 0 Å². The molecule has 24 heavy (non-hydrogen) atoms. The predicted octanol–water partition coefficient (Wildman–Crippen LogP) is 2.57. The van der Waals surface area contributed by atoms with E-state index in [1.54, 1.807) is 25.1 Å². The summed E-state index contributed by atoms with van der Waals surface area (Å²) in [5.41, 5.74) is 0.979. The predicted molar refractivity (Wildman–Crippen MR) is 87.0 cm³/mol. The number of H-pyrrole nitrogens is 2. The first-order valence-electron chi connectivity index (χ1n) is 7.17. The summed E-state index contributed by atoms with van der Waals surface area (Å²) in [4.78, 5) is 28.6. The van der Waals surface area contributed by atoms with Gasteiger partial charge in [0.25, 0.3) is 0 Å². The van der Waals surface area contributed by atoms with Gasteiger partial charge in [-0.3, -0.25) is 4.79 Å². The van der Waals surface area contributed by atoms with Gasteiger partial charge in [-0.25, -0.2) is 13.6 Å². The molecule has 1 amide bonds. The van der Waals surface area contributed by atoms with Crippen molar-refractivity contribution in [3.63, 3.8) is 0 Å². The molecule has 124 valence electrons. The van der Waals surface area contributed by atoms with Crippen LogP contribution in [0.25, 0.3) is 11.0 Å². The summed E-state index contributed by atoms with van der Waals surface area (Å²) in [5, 5.41) is 5.13. The average molecular weight is 332 g/mol. The van der Waals surface area contributed by atoms with Crippen LogP contribution in [0.3, 0.4) is 0 Å². The maximum atomic E-state index is 13.6. The number of hydrogen-bond acceptors (Lipinski definition) is 3. The molecule has 4 N–H and O–H groups in total. The SMILES string of the molecule is CC(Nc1ccc2[nH]c(=O)[nH]c2c1)C(=O)Nc1c(F)cccc1F. The van der Waals surface area contributed by atoms with Crippen LogP contribution in [-0.2, 0) is 4.79 Å². The third kappa shape index (κ3) is 3.12. The van der Waals surface area contributed by atoms with Gasteiger partial charge in [0.1, 0.15) is 23.4 Å². The molecule has 1 atom stereocenters. The maximum Gasteiger partial charge on any atom is 0.323 e. The molecule has 0 radical (unpaired) electrons. The molecule has 0 bridgehead atoms. The van der Waals surface area contributed by atoms with Gasteiger partial charge in [0.05, 0.1) is 11.0 Å². The number of carbonyl (C=O) groups excluding carboxylic acids is 1. The third-order valence-electron chi connectivity index (χ3n) is 3.50. The molecule has 6 nitrogen and oxygen atoms in total. The number of para-hydroxylation sites is 1. The number of hydrogen-bond donors (Lipinski definition) is 4. The molecule has 1 unspecified atom stereocenters. The number of fused-ring (bicyclic) bond motifs is 1. The Balaban J connectivity index is 1.74. The van der Waals surface area contributed by atoms with E-state index in [4.69, 9.17) is 0 Å². The molecule has 1 aromatic heterocycles. The smallest absolute Gasteiger partial charge is 0.323 e. The van der Waals surface area contributed by atoms with E-state index in [1.165, 1.54) is 6.07 Å². The van der Waals surface area contributed by atoms with Crippen molar-refractivity contribution in [2.24, 2.45) is 0 Å². The second-order valence-electron chi connectivity index (χ2n) is 5.29. The minimum absolute atomic E-state index is 0.331. The Labute approximate surface area is 134 Å². The van der Waals surface area contributed by atoms with E-state index in [-0.39, 0.29) is 5.69 Å². The lowest BCUT2D eigenvalue weighted by Gasteiger charge is -2.16. The Morgan fingerprint density at radius 1 is 1.08 bits per heavy atom. The number of rotatable bonds is 4. The van der Waals surface area contributed by atoms with Gasteiger partial charge in [0.2, 0.25) is 5.91 Å². The molecule has 0 saturated carbocycles. The third-order valence-corrected chi connectivity index (χ3v) is 3.50. The Morgan fingerprint density at radius 2 is 1.75 bits per heavy atom. The van der Waals surface area contributed by atoms with E-state index in [9.17, 15) is 18.4 Å². The fourth-order valence-electron chi connectivity index (χ4n) is 2.29. The summed E-state index contributed by atoms with van der Waals surface area (Å²) < 4.78 is 27.1. The first kappa shape index (κ1) is 15.7. The molecule has 0 spiro atoms. The van der Waals surface area contributed by atoms with Gasteiger partial charge in [-0.05, 0) is 37.3 Å². The van der Waals surface area contributed by atoms with Crippen molar-refractivity contribution in [1.82, 2.24) is 9.97 Å². The second-order valence-corrected chi connectivity index (χ2v) is 5.29. The van der Waals surface area contributed by atoms with Gasteiger partial charge < -0.3 is 20.6 Å². The number of amides is 1. The van der Waals surface area contributed by atoms with Crippen molar-refractivity contribution in [2.75, 3.05) is 10.6 Å². The summed E-state index contributed by atoms with van der Waals surface area (Å²) in [6, 6.07) is 7.60. The molecule has 0 aliphatic heterocycles. The van der Waals surface area contributed by atoms with Crippen LogP contribution in [-0.4, -0.2) is 21.9 Å². The Bertz CT molecular complexity index is 944. The monoisotopic (exact) mass is 332 g/mol. The Morgan fingerprint density at radius 3 is 2.46 bits per heavy atom. The number of carbonyl (C=O) groups is 1. The Hall–Kier alpha value is -3.16. The van der Waals surface area contributed by atoms with Crippen LogP contribution in [0.15, 0.2) is 41.2 Å². The highest BCUT2D eigenvalue weighted by Crippen LogP contribution is 2.19. The van der Waals surface area contributed by atoms with Crippen molar-refractivity contribution in [3.8, 4) is 0 Å².